The molecule has 0 saturated carbocycles. The van der Waals surface area contributed by atoms with Crippen LogP contribution in [0.3, 0.4) is 0 Å². The molecule has 0 bridgehead atoms. The highest BCUT2D eigenvalue weighted by atomic mass is 16.6. The van der Waals surface area contributed by atoms with Crippen molar-refractivity contribution in [3.05, 3.63) is 12.2 Å². The zero-order valence-electron chi connectivity index (χ0n) is 15.0. The van der Waals surface area contributed by atoms with Crippen molar-refractivity contribution in [3.63, 3.8) is 0 Å². The van der Waals surface area contributed by atoms with Gasteiger partial charge in [-0.15, -0.1) is 0 Å². The first-order valence-electron chi connectivity index (χ1n) is 9.76. The predicted molar refractivity (Wildman–Crippen MR) is 95.7 cm³/mol. The fourth-order valence-electron chi connectivity index (χ4n) is 3.01. The van der Waals surface area contributed by atoms with Gasteiger partial charge in [-0.25, -0.2) is 0 Å². The van der Waals surface area contributed by atoms with Crippen molar-refractivity contribution in [1.82, 2.24) is 0 Å². The van der Waals surface area contributed by atoms with E-state index >= 15 is 0 Å². The summed E-state index contributed by atoms with van der Waals surface area (Å²) in [6.07, 6.45) is 21.6. The lowest BCUT2D eigenvalue weighted by atomic mass is 10.1. The van der Waals surface area contributed by atoms with Crippen molar-refractivity contribution in [3.8, 4) is 0 Å². The molecule has 0 aromatic rings. The maximum atomic E-state index is 10.4. The van der Waals surface area contributed by atoms with Gasteiger partial charge in [-0.05, 0) is 32.1 Å². The van der Waals surface area contributed by atoms with E-state index in [9.17, 15) is 4.79 Å². The summed E-state index contributed by atoms with van der Waals surface area (Å²) >= 11 is 0. The monoisotopic (exact) mass is 324 g/mol. The van der Waals surface area contributed by atoms with Crippen LogP contribution >= 0.6 is 0 Å². The van der Waals surface area contributed by atoms with Gasteiger partial charge in [0, 0.05) is 6.42 Å². The summed E-state index contributed by atoms with van der Waals surface area (Å²) in [4.78, 5) is 10.4. The van der Waals surface area contributed by atoms with Crippen molar-refractivity contribution in [2.24, 2.45) is 0 Å². The third kappa shape index (κ3) is 12.3. The fraction of sp³-hybridized carbons (Fsp3) is 0.850. The molecule has 0 amide bonds. The number of aliphatic carboxylic acids is 1. The van der Waals surface area contributed by atoms with E-state index in [2.05, 4.69) is 19.1 Å². The second-order valence-electron chi connectivity index (χ2n) is 6.82. The van der Waals surface area contributed by atoms with Gasteiger partial charge in [-0.2, -0.15) is 0 Å². The van der Waals surface area contributed by atoms with Gasteiger partial charge in [-0.3, -0.25) is 4.79 Å². The number of unbranched alkanes of at least 4 members (excludes halogenated alkanes) is 9. The Morgan fingerprint density at radius 3 is 2.39 bits per heavy atom. The molecule has 0 radical (unpaired) electrons. The molecule has 3 heteroatoms. The normalized spacial score (nSPS) is 20.2. The van der Waals surface area contributed by atoms with E-state index in [1.807, 2.05) is 0 Å². The number of carbonyl (C=O) groups is 1. The molecule has 1 saturated heterocycles. The number of rotatable bonds is 16. The van der Waals surface area contributed by atoms with Crippen LogP contribution in [0, 0.1) is 0 Å². The molecule has 0 spiro atoms. The van der Waals surface area contributed by atoms with Crippen LogP contribution in [0.1, 0.15) is 96.8 Å². The maximum Gasteiger partial charge on any atom is 0.303 e. The third-order valence-electron chi connectivity index (χ3n) is 4.58. The smallest absolute Gasteiger partial charge is 0.303 e. The van der Waals surface area contributed by atoms with Crippen LogP contribution in [0.25, 0.3) is 0 Å². The van der Waals surface area contributed by atoms with Crippen LogP contribution in [-0.4, -0.2) is 23.3 Å². The Morgan fingerprint density at radius 2 is 1.61 bits per heavy atom. The van der Waals surface area contributed by atoms with Crippen LogP contribution in [-0.2, 0) is 9.53 Å². The first kappa shape index (κ1) is 20.2. The molecule has 3 nitrogen and oxygen atoms in total. The van der Waals surface area contributed by atoms with E-state index in [-0.39, 0.29) is 0 Å². The van der Waals surface area contributed by atoms with Crippen LogP contribution in [0.2, 0.25) is 0 Å². The minimum absolute atomic E-state index is 0.311. The fourth-order valence-corrected chi connectivity index (χ4v) is 3.01. The Hall–Kier alpha value is -0.830. The zero-order valence-corrected chi connectivity index (χ0v) is 15.0. The van der Waals surface area contributed by atoms with E-state index in [0.29, 0.717) is 18.6 Å². The Morgan fingerprint density at radius 1 is 0.913 bits per heavy atom. The number of hydrogen-bond acceptors (Lipinski definition) is 2. The summed E-state index contributed by atoms with van der Waals surface area (Å²) in [7, 11) is 0. The lowest BCUT2D eigenvalue weighted by Gasteiger charge is -1.98. The highest BCUT2D eigenvalue weighted by Crippen LogP contribution is 2.30. The average molecular weight is 325 g/mol. The zero-order chi connectivity index (χ0) is 16.8. The second kappa shape index (κ2) is 13.6. The van der Waals surface area contributed by atoms with E-state index in [4.69, 9.17) is 9.84 Å². The van der Waals surface area contributed by atoms with Crippen molar-refractivity contribution < 1.29 is 14.6 Å². The molecule has 134 valence electrons. The van der Waals surface area contributed by atoms with E-state index < -0.39 is 5.97 Å². The lowest BCUT2D eigenvalue weighted by Crippen LogP contribution is -1.95. The molecule has 2 unspecified atom stereocenters. The van der Waals surface area contributed by atoms with Gasteiger partial charge >= 0.3 is 5.97 Å². The van der Waals surface area contributed by atoms with Gasteiger partial charge in [0.05, 0.1) is 12.2 Å². The second-order valence-corrected chi connectivity index (χ2v) is 6.82. The molecule has 0 aromatic heterocycles. The largest absolute Gasteiger partial charge is 0.481 e. The summed E-state index contributed by atoms with van der Waals surface area (Å²) in [5.41, 5.74) is 0. The van der Waals surface area contributed by atoms with E-state index in [1.165, 1.54) is 51.4 Å². The average Bonchev–Trinajstić information content (AvgIpc) is 3.27. The minimum Gasteiger partial charge on any atom is -0.481 e. The van der Waals surface area contributed by atoms with E-state index in [1.54, 1.807) is 0 Å². The standard InChI is InChI=1S/C20H36O3/c1-2-3-4-5-6-7-8-9-12-15-18-19(23-18)16-13-10-11-14-17-20(21)22/h9,12,18-19H,2-8,10-11,13-17H2,1H3,(H,21,22)/b12-9-. The van der Waals surface area contributed by atoms with E-state index in [0.717, 1.165) is 32.1 Å². The number of allylic oxidation sites excluding steroid dienone is 1. The van der Waals surface area contributed by atoms with Crippen molar-refractivity contribution >= 4 is 5.97 Å². The topological polar surface area (TPSA) is 49.8 Å². The SMILES string of the molecule is CCCCCCCC/C=C\CC1OC1CCCCCCC(=O)O. The van der Waals surface area contributed by atoms with Crippen molar-refractivity contribution in [1.29, 1.82) is 0 Å². The molecular formula is C20H36O3. The van der Waals surface area contributed by atoms with Gasteiger partial charge in [-0.1, -0.05) is 70.4 Å². The molecule has 1 aliphatic rings. The van der Waals surface area contributed by atoms with Gasteiger partial charge in [0.1, 0.15) is 0 Å². The van der Waals surface area contributed by atoms with Gasteiger partial charge in [0.15, 0.2) is 0 Å². The molecular weight excluding hydrogens is 288 g/mol. The number of hydrogen-bond donors (Lipinski definition) is 1. The number of carboxylic acid groups (broad SMARTS) is 1. The van der Waals surface area contributed by atoms with Gasteiger partial charge in [0.2, 0.25) is 0 Å². The highest BCUT2D eigenvalue weighted by molar-refractivity contribution is 5.66. The molecule has 1 fully saturated rings. The summed E-state index contributed by atoms with van der Waals surface area (Å²) in [5.74, 6) is -0.677. The van der Waals surface area contributed by atoms with Crippen LogP contribution in [0.4, 0.5) is 0 Å². The summed E-state index contributed by atoms with van der Waals surface area (Å²) in [6, 6.07) is 0. The quantitative estimate of drug-likeness (QED) is 0.219. The van der Waals surface area contributed by atoms with Gasteiger partial charge < -0.3 is 9.84 Å². The predicted octanol–water partition coefficient (Wildman–Crippen LogP) is 5.88. The molecule has 1 heterocycles. The molecule has 0 aromatic carbocycles. The molecule has 2 atom stereocenters. The lowest BCUT2D eigenvalue weighted by molar-refractivity contribution is -0.137. The number of ether oxygens (including phenoxy) is 1. The number of epoxide rings is 1. The number of carboxylic acids is 1. The Bertz CT molecular complexity index is 325. The Balaban J connectivity index is 1.81. The molecule has 0 aliphatic carbocycles. The van der Waals surface area contributed by atoms with Crippen molar-refractivity contribution in [2.75, 3.05) is 0 Å². The van der Waals surface area contributed by atoms with Crippen molar-refractivity contribution in [2.45, 2.75) is 109 Å². The first-order chi connectivity index (χ1) is 11.2. The first-order valence-corrected chi connectivity index (χ1v) is 9.76. The summed E-state index contributed by atoms with van der Waals surface area (Å²) in [6.45, 7) is 2.26. The summed E-state index contributed by atoms with van der Waals surface area (Å²) in [5, 5.41) is 8.56. The molecule has 23 heavy (non-hydrogen) atoms. The highest BCUT2D eigenvalue weighted by Gasteiger charge is 2.36. The van der Waals surface area contributed by atoms with Crippen LogP contribution in [0.15, 0.2) is 12.2 Å². The third-order valence-corrected chi connectivity index (χ3v) is 4.58. The Kier molecular flexibility index (Phi) is 11.9. The minimum atomic E-state index is -0.677. The Labute approximate surface area is 142 Å². The maximum absolute atomic E-state index is 10.4. The molecule has 1 rings (SSSR count). The van der Waals surface area contributed by atoms with Crippen LogP contribution in [0.5, 0.6) is 0 Å². The molecule has 1 N–H and O–H groups in total. The van der Waals surface area contributed by atoms with Gasteiger partial charge in [0.25, 0.3) is 0 Å². The van der Waals surface area contributed by atoms with Crippen LogP contribution < -0.4 is 0 Å². The molecule has 1 aliphatic heterocycles. The summed E-state index contributed by atoms with van der Waals surface area (Å²) < 4.78 is 5.69.